The van der Waals surface area contributed by atoms with E-state index in [4.69, 9.17) is 39.5 Å². The molecule has 0 saturated carbocycles. The summed E-state index contributed by atoms with van der Waals surface area (Å²) in [5.74, 6) is -0.626. The SMILES string of the molecule is Cc1cc(Oc2ccc(F)cc2Cl)c(Cl)c(C)c1NC(=O)NC(=O)c1ccccc1Cl. The maximum absolute atomic E-state index is 13.2. The van der Waals surface area contributed by atoms with Gasteiger partial charge in [0, 0.05) is 5.69 Å². The number of hydrogen-bond donors (Lipinski definition) is 2. The number of amides is 3. The maximum atomic E-state index is 13.2. The van der Waals surface area contributed by atoms with Crippen molar-refractivity contribution in [3.8, 4) is 11.5 Å². The van der Waals surface area contributed by atoms with Crippen molar-refractivity contribution in [3.63, 3.8) is 0 Å². The fraction of sp³-hybridized carbons (Fsp3) is 0.0909. The lowest BCUT2D eigenvalue weighted by molar-refractivity contribution is 0.0967. The molecular weight excluding hydrogens is 466 g/mol. The van der Waals surface area contributed by atoms with Crippen molar-refractivity contribution in [1.82, 2.24) is 5.32 Å². The molecule has 9 heteroatoms. The lowest BCUT2D eigenvalue weighted by Gasteiger charge is -2.17. The van der Waals surface area contributed by atoms with Crippen LogP contribution in [0.15, 0.2) is 48.5 Å². The Morgan fingerprint density at radius 2 is 1.65 bits per heavy atom. The Hall–Kier alpha value is -2.80. The molecule has 0 aromatic heterocycles. The largest absolute Gasteiger partial charge is 0.454 e. The molecule has 0 unspecified atom stereocenters. The molecule has 31 heavy (non-hydrogen) atoms. The molecule has 0 radical (unpaired) electrons. The van der Waals surface area contributed by atoms with Gasteiger partial charge >= 0.3 is 6.03 Å². The summed E-state index contributed by atoms with van der Waals surface area (Å²) in [6, 6.07) is 10.9. The second-order valence-corrected chi connectivity index (χ2v) is 7.76. The monoisotopic (exact) mass is 480 g/mol. The molecule has 0 aliphatic heterocycles. The van der Waals surface area contributed by atoms with Crippen LogP contribution in [-0.2, 0) is 0 Å². The van der Waals surface area contributed by atoms with Crippen molar-refractivity contribution in [2.75, 3.05) is 5.32 Å². The molecule has 5 nitrogen and oxygen atoms in total. The molecular formula is C22H16Cl3FN2O3. The predicted octanol–water partition coefficient (Wildman–Crippen LogP) is 7.16. The minimum absolute atomic E-state index is 0.0889. The van der Waals surface area contributed by atoms with E-state index in [1.54, 1.807) is 38.1 Å². The molecule has 160 valence electrons. The number of urea groups is 1. The Balaban J connectivity index is 1.79. The van der Waals surface area contributed by atoms with E-state index in [1.165, 1.54) is 18.2 Å². The topological polar surface area (TPSA) is 67.4 Å². The molecule has 0 fully saturated rings. The number of anilines is 1. The average molecular weight is 482 g/mol. The first kappa shape index (κ1) is 22.9. The van der Waals surface area contributed by atoms with Crippen LogP contribution in [0.1, 0.15) is 21.5 Å². The average Bonchev–Trinajstić information content (AvgIpc) is 2.71. The highest BCUT2D eigenvalue weighted by atomic mass is 35.5. The Kier molecular flexibility index (Phi) is 7.05. The number of imide groups is 1. The zero-order valence-corrected chi connectivity index (χ0v) is 18.6. The van der Waals surface area contributed by atoms with Crippen LogP contribution in [0.2, 0.25) is 15.1 Å². The summed E-state index contributed by atoms with van der Waals surface area (Å²) in [5.41, 5.74) is 1.71. The van der Waals surface area contributed by atoms with Crippen LogP contribution >= 0.6 is 34.8 Å². The van der Waals surface area contributed by atoms with Crippen LogP contribution in [-0.4, -0.2) is 11.9 Å². The smallest absolute Gasteiger partial charge is 0.326 e. The van der Waals surface area contributed by atoms with Gasteiger partial charge in [0.25, 0.3) is 5.91 Å². The number of ether oxygens (including phenoxy) is 1. The molecule has 0 spiro atoms. The van der Waals surface area contributed by atoms with Crippen LogP contribution in [0.4, 0.5) is 14.9 Å². The first-order valence-corrected chi connectivity index (χ1v) is 10.1. The molecule has 2 N–H and O–H groups in total. The fourth-order valence-electron chi connectivity index (χ4n) is 2.83. The van der Waals surface area contributed by atoms with E-state index in [0.29, 0.717) is 16.8 Å². The second kappa shape index (κ2) is 9.56. The van der Waals surface area contributed by atoms with Crippen molar-refractivity contribution in [2.45, 2.75) is 13.8 Å². The van der Waals surface area contributed by atoms with Gasteiger partial charge in [0.05, 0.1) is 20.6 Å². The van der Waals surface area contributed by atoms with Crippen molar-refractivity contribution >= 4 is 52.4 Å². The Morgan fingerprint density at radius 1 is 0.935 bits per heavy atom. The van der Waals surface area contributed by atoms with E-state index in [0.717, 1.165) is 6.07 Å². The summed E-state index contributed by atoms with van der Waals surface area (Å²) in [7, 11) is 0. The predicted molar refractivity (Wildman–Crippen MR) is 120 cm³/mol. The van der Waals surface area contributed by atoms with Gasteiger partial charge < -0.3 is 10.1 Å². The molecule has 3 aromatic rings. The van der Waals surface area contributed by atoms with Crippen molar-refractivity contribution in [1.29, 1.82) is 0 Å². The van der Waals surface area contributed by atoms with Gasteiger partial charge in [-0.25, -0.2) is 9.18 Å². The zero-order chi connectivity index (χ0) is 22.7. The standard InChI is InChI=1S/C22H16Cl3FN2O3/c1-11-9-18(31-17-8-7-13(26)10-16(17)24)19(25)12(2)20(11)27-22(30)28-21(29)14-5-3-4-6-15(14)23/h3-10H,1-2H3,(H2,27,28,29,30). The number of hydrogen-bond acceptors (Lipinski definition) is 3. The highest BCUT2D eigenvalue weighted by molar-refractivity contribution is 6.34. The van der Waals surface area contributed by atoms with E-state index in [1.807, 2.05) is 0 Å². The number of nitrogens with one attached hydrogen (secondary N) is 2. The molecule has 0 aliphatic rings. The van der Waals surface area contributed by atoms with Gasteiger partial charge in [0.15, 0.2) is 0 Å². The van der Waals surface area contributed by atoms with Gasteiger partial charge in [-0.2, -0.15) is 0 Å². The summed E-state index contributed by atoms with van der Waals surface area (Å²) >= 11 is 18.4. The molecule has 3 rings (SSSR count). The lowest BCUT2D eigenvalue weighted by Crippen LogP contribution is -2.34. The molecule has 0 atom stereocenters. The third kappa shape index (κ3) is 5.28. The van der Waals surface area contributed by atoms with Gasteiger partial charge in [-0.15, -0.1) is 0 Å². The lowest BCUT2D eigenvalue weighted by atomic mass is 10.1. The van der Waals surface area contributed by atoms with Crippen LogP contribution in [0.5, 0.6) is 11.5 Å². The number of halogens is 4. The van der Waals surface area contributed by atoms with Crippen molar-refractivity contribution in [2.24, 2.45) is 0 Å². The van der Waals surface area contributed by atoms with Crippen LogP contribution in [0, 0.1) is 19.7 Å². The summed E-state index contributed by atoms with van der Waals surface area (Å²) in [4.78, 5) is 24.6. The summed E-state index contributed by atoms with van der Waals surface area (Å²) in [5, 5.41) is 5.38. The molecule has 0 bridgehead atoms. The Morgan fingerprint density at radius 3 is 2.32 bits per heavy atom. The number of carbonyl (C=O) groups excluding carboxylic acids is 2. The van der Waals surface area contributed by atoms with E-state index in [9.17, 15) is 14.0 Å². The third-order valence-corrected chi connectivity index (χ3v) is 5.46. The Bertz CT molecular complexity index is 1180. The van der Waals surface area contributed by atoms with Crippen LogP contribution in [0.25, 0.3) is 0 Å². The Labute approximate surface area is 193 Å². The zero-order valence-electron chi connectivity index (χ0n) is 16.4. The molecule has 0 saturated heterocycles. The molecule has 3 aromatic carbocycles. The molecule has 0 heterocycles. The highest BCUT2D eigenvalue weighted by Gasteiger charge is 2.18. The summed E-state index contributed by atoms with van der Waals surface area (Å²) in [6.45, 7) is 3.41. The summed E-state index contributed by atoms with van der Waals surface area (Å²) in [6.07, 6.45) is 0. The number of carbonyl (C=O) groups is 2. The normalized spacial score (nSPS) is 10.5. The van der Waals surface area contributed by atoms with E-state index in [2.05, 4.69) is 10.6 Å². The maximum Gasteiger partial charge on any atom is 0.326 e. The van der Waals surface area contributed by atoms with E-state index in [-0.39, 0.29) is 32.1 Å². The van der Waals surface area contributed by atoms with E-state index >= 15 is 0 Å². The van der Waals surface area contributed by atoms with E-state index < -0.39 is 17.8 Å². The molecule has 3 amide bonds. The number of aryl methyl sites for hydroxylation is 1. The fourth-order valence-corrected chi connectivity index (χ4v) is 3.44. The molecule has 0 aliphatic carbocycles. The van der Waals surface area contributed by atoms with Crippen molar-refractivity contribution in [3.05, 3.63) is 86.1 Å². The highest BCUT2D eigenvalue weighted by Crippen LogP contribution is 2.39. The van der Waals surface area contributed by atoms with Gasteiger partial charge in [0.1, 0.15) is 17.3 Å². The van der Waals surface area contributed by atoms with Gasteiger partial charge in [-0.1, -0.05) is 46.9 Å². The first-order chi connectivity index (χ1) is 14.7. The second-order valence-electron chi connectivity index (χ2n) is 6.57. The van der Waals surface area contributed by atoms with Gasteiger partial charge in [0.2, 0.25) is 0 Å². The van der Waals surface area contributed by atoms with Gasteiger partial charge in [-0.3, -0.25) is 10.1 Å². The third-order valence-electron chi connectivity index (χ3n) is 4.36. The first-order valence-electron chi connectivity index (χ1n) is 8.97. The van der Waals surface area contributed by atoms with Crippen LogP contribution in [0.3, 0.4) is 0 Å². The quantitative estimate of drug-likeness (QED) is 0.415. The van der Waals surface area contributed by atoms with Crippen LogP contribution < -0.4 is 15.4 Å². The number of benzene rings is 3. The number of rotatable bonds is 4. The van der Waals surface area contributed by atoms with Crippen molar-refractivity contribution < 1.29 is 18.7 Å². The minimum atomic E-state index is -0.748. The minimum Gasteiger partial charge on any atom is -0.454 e. The summed E-state index contributed by atoms with van der Waals surface area (Å²) < 4.78 is 19.0. The van der Waals surface area contributed by atoms with Gasteiger partial charge in [-0.05, 0) is 61.4 Å².